The molecule has 3 aromatic rings. The topological polar surface area (TPSA) is 9.23 Å². The van der Waals surface area contributed by atoms with Crippen molar-refractivity contribution >= 4 is 10.8 Å². The first kappa shape index (κ1) is 12.7. The van der Waals surface area contributed by atoms with E-state index in [2.05, 4.69) is 55.5 Å². The monoisotopic (exact) mass is 262 g/mol. The van der Waals surface area contributed by atoms with E-state index in [4.69, 9.17) is 4.74 Å². The lowest BCUT2D eigenvalue weighted by Crippen LogP contribution is -1.96. The van der Waals surface area contributed by atoms with E-state index < -0.39 is 0 Å². The maximum atomic E-state index is 5.98. The van der Waals surface area contributed by atoms with Gasteiger partial charge in [-0.2, -0.15) is 0 Å². The molecule has 20 heavy (non-hydrogen) atoms. The number of benzene rings is 3. The smallest absolute Gasteiger partial charge is 0.127 e. The first-order chi connectivity index (χ1) is 9.86. The van der Waals surface area contributed by atoms with Gasteiger partial charge in [-0.1, -0.05) is 67.6 Å². The molecule has 0 heterocycles. The summed E-state index contributed by atoms with van der Waals surface area (Å²) in [5.41, 5.74) is 2.56. The average molecular weight is 262 g/mol. The van der Waals surface area contributed by atoms with Crippen LogP contribution in [0.5, 0.6) is 5.75 Å². The minimum absolute atomic E-state index is 0.609. The molecule has 0 spiro atoms. The fourth-order valence-corrected chi connectivity index (χ4v) is 2.35. The van der Waals surface area contributed by atoms with Crippen LogP contribution in [0.2, 0.25) is 0 Å². The van der Waals surface area contributed by atoms with Crippen molar-refractivity contribution in [1.82, 2.24) is 0 Å². The van der Waals surface area contributed by atoms with Gasteiger partial charge >= 0.3 is 0 Å². The summed E-state index contributed by atoms with van der Waals surface area (Å²) in [5.74, 6) is 0.947. The molecule has 0 atom stereocenters. The highest BCUT2D eigenvalue weighted by Gasteiger charge is 2.01. The summed E-state index contributed by atoms with van der Waals surface area (Å²) in [4.78, 5) is 0. The van der Waals surface area contributed by atoms with Gasteiger partial charge < -0.3 is 4.74 Å². The van der Waals surface area contributed by atoms with Gasteiger partial charge in [-0.25, -0.2) is 0 Å². The average Bonchev–Trinajstić information content (AvgIpc) is 2.53. The molecule has 0 bridgehead atoms. The van der Waals surface area contributed by atoms with Crippen molar-refractivity contribution in [2.45, 2.75) is 20.0 Å². The third kappa shape index (κ3) is 2.67. The van der Waals surface area contributed by atoms with Gasteiger partial charge in [0, 0.05) is 5.39 Å². The third-order valence-corrected chi connectivity index (χ3v) is 3.58. The Morgan fingerprint density at radius 1 is 0.750 bits per heavy atom. The van der Waals surface area contributed by atoms with Crippen LogP contribution < -0.4 is 4.74 Å². The quantitative estimate of drug-likeness (QED) is 0.644. The molecule has 0 saturated carbocycles. The first-order valence-electron chi connectivity index (χ1n) is 7.05. The molecular weight excluding hydrogens is 244 g/mol. The van der Waals surface area contributed by atoms with Gasteiger partial charge in [-0.3, -0.25) is 0 Å². The Hall–Kier alpha value is -2.28. The summed E-state index contributed by atoms with van der Waals surface area (Å²) in [7, 11) is 0. The SMILES string of the molecule is CCc1ccc(COc2cccc3ccccc23)cc1. The van der Waals surface area contributed by atoms with Crippen molar-refractivity contribution in [2.75, 3.05) is 0 Å². The van der Waals surface area contributed by atoms with Gasteiger partial charge in [0.1, 0.15) is 12.4 Å². The highest BCUT2D eigenvalue weighted by Crippen LogP contribution is 2.25. The molecule has 1 heteroatoms. The molecule has 1 nitrogen and oxygen atoms in total. The number of aryl methyl sites for hydroxylation is 1. The molecular formula is C19H18O. The third-order valence-electron chi connectivity index (χ3n) is 3.58. The number of rotatable bonds is 4. The maximum Gasteiger partial charge on any atom is 0.127 e. The molecule has 0 unspecified atom stereocenters. The van der Waals surface area contributed by atoms with Crippen LogP contribution in [0.1, 0.15) is 18.1 Å². The van der Waals surface area contributed by atoms with E-state index >= 15 is 0 Å². The van der Waals surface area contributed by atoms with Crippen LogP contribution in [-0.4, -0.2) is 0 Å². The molecule has 0 aliphatic heterocycles. The van der Waals surface area contributed by atoms with Crippen molar-refractivity contribution in [2.24, 2.45) is 0 Å². The highest BCUT2D eigenvalue weighted by molar-refractivity contribution is 5.88. The molecule has 0 aromatic heterocycles. The van der Waals surface area contributed by atoms with Gasteiger partial charge in [-0.05, 0) is 29.0 Å². The second kappa shape index (κ2) is 5.79. The number of hydrogen-bond donors (Lipinski definition) is 0. The normalized spacial score (nSPS) is 10.7. The lowest BCUT2D eigenvalue weighted by atomic mass is 10.1. The van der Waals surface area contributed by atoms with Gasteiger partial charge in [-0.15, -0.1) is 0 Å². The fourth-order valence-electron chi connectivity index (χ4n) is 2.35. The van der Waals surface area contributed by atoms with Crippen LogP contribution in [-0.2, 0) is 13.0 Å². The van der Waals surface area contributed by atoms with E-state index in [0.717, 1.165) is 12.2 Å². The predicted octanol–water partition coefficient (Wildman–Crippen LogP) is 4.98. The van der Waals surface area contributed by atoms with Crippen molar-refractivity contribution in [3.8, 4) is 5.75 Å². The van der Waals surface area contributed by atoms with Crippen LogP contribution in [0.15, 0.2) is 66.7 Å². The van der Waals surface area contributed by atoms with Gasteiger partial charge in [0.05, 0.1) is 0 Å². The van der Waals surface area contributed by atoms with Gasteiger partial charge in [0.15, 0.2) is 0 Å². The lowest BCUT2D eigenvalue weighted by Gasteiger charge is -2.09. The largest absolute Gasteiger partial charge is 0.488 e. The Morgan fingerprint density at radius 3 is 2.25 bits per heavy atom. The zero-order valence-corrected chi connectivity index (χ0v) is 11.7. The molecule has 0 aliphatic carbocycles. The molecule has 3 aromatic carbocycles. The van der Waals surface area contributed by atoms with Crippen LogP contribution in [0.3, 0.4) is 0 Å². The standard InChI is InChI=1S/C19H18O/c1-2-15-10-12-16(13-11-15)14-20-19-9-5-7-17-6-3-4-8-18(17)19/h3-13H,2,14H2,1H3. The fraction of sp³-hybridized carbons (Fsp3) is 0.158. The number of hydrogen-bond acceptors (Lipinski definition) is 1. The zero-order valence-electron chi connectivity index (χ0n) is 11.7. The second-order valence-corrected chi connectivity index (χ2v) is 4.94. The Labute approximate surface area is 119 Å². The number of ether oxygens (including phenoxy) is 1. The molecule has 0 radical (unpaired) electrons. The minimum atomic E-state index is 0.609. The minimum Gasteiger partial charge on any atom is -0.488 e. The van der Waals surface area contributed by atoms with Crippen molar-refractivity contribution in [3.63, 3.8) is 0 Å². The summed E-state index contributed by atoms with van der Waals surface area (Å²) >= 11 is 0. The Kier molecular flexibility index (Phi) is 3.69. The summed E-state index contributed by atoms with van der Waals surface area (Å²) < 4.78 is 5.98. The van der Waals surface area contributed by atoms with Crippen molar-refractivity contribution in [1.29, 1.82) is 0 Å². The van der Waals surface area contributed by atoms with E-state index in [-0.39, 0.29) is 0 Å². The van der Waals surface area contributed by atoms with Gasteiger partial charge in [0.25, 0.3) is 0 Å². The maximum absolute atomic E-state index is 5.98. The molecule has 100 valence electrons. The van der Waals surface area contributed by atoms with E-state index in [1.54, 1.807) is 0 Å². The van der Waals surface area contributed by atoms with Crippen molar-refractivity contribution < 1.29 is 4.74 Å². The lowest BCUT2D eigenvalue weighted by molar-refractivity contribution is 0.310. The van der Waals surface area contributed by atoms with E-state index in [0.29, 0.717) is 6.61 Å². The van der Waals surface area contributed by atoms with Gasteiger partial charge in [0.2, 0.25) is 0 Å². The van der Waals surface area contributed by atoms with Crippen LogP contribution >= 0.6 is 0 Å². The van der Waals surface area contributed by atoms with E-state index in [9.17, 15) is 0 Å². The molecule has 0 aliphatic rings. The predicted molar refractivity (Wildman–Crippen MR) is 84.1 cm³/mol. The van der Waals surface area contributed by atoms with E-state index in [1.165, 1.54) is 21.9 Å². The summed E-state index contributed by atoms with van der Waals surface area (Å²) in [6, 6.07) is 23.1. The highest BCUT2D eigenvalue weighted by atomic mass is 16.5. The summed E-state index contributed by atoms with van der Waals surface area (Å²) in [5, 5.41) is 2.38. The molecule has 0 fully saturated rings. The molecule has 0 saturated heterocycles. The van der Waals surface area contributed by atoms with Crippen LogP contribution in [0.25, 0.3) is 10.8 Å². The first-order valence-corrected chi connectivity index (χ1v) is 7.05. The summed E-state index contributed by atoms with van der Waals surface area (Å²) in [6.45, 7) is 2.78. The van der Waals surface area contributed by atoms with Crippen LogP contribution in [0.4, 0.5) is 0 Å². The Balaban J connectivity index is 1.79. The molecule has 0 amide bonds. The number of fused-ring (bicyclic) bond motifs is 1. The van der Waals surface area contributed by atoms with E-state index in [1.807, 2.05) is 18.2 Å². The second-order valence-electron chi connectivity index (χ2n) is 4.94. The summed E-state index contributed by atoms with van der Waals surface area (Å²) in [6.07, 6.45) is 1.07. The Bertz CT molecular complexity index is 693. The zero-order chi connectivity index (χ0) is 13.8. The Morgan fingerprint density at radius 2 is 1.45 bits per heavy atom. The van der Waals surface area contributed by atoms with Crippen molar-refractivity contribution in [3.05, 3.63) is 77.9 Å². The van der Waals surface area contributed by atoms with Crippen LogP contribution in [0, 0.1) is 0 Å². The molecule has 0 N–H and O–H groups in total. The molecule has 3 rings (SSSR count).